The highest BCUT2D eigenvalue weighted by Crippen LogP contribution is 2.35. The number of benzene rings is 2. The minimum atomic E-state index is -0.777. The number of para-hydroxylation sites is 1. The summed E-state index contributed by atoms with van der Waals surface area (Å²) in [5.41, 5.74) is 1.09. The first-order valence-electron chi connectivity index (χ1n) is 7.99. The topological polar surface area (TPSA) is 71.1 Å². The molecule has 3 rings (SSSR count). The monoisotopic (exact) mass is 354 g/mol. The Bertz CT molecular complexity index is 884. The van der Waals surface area contributed by atoms with Gasteiger partial charge in [0.2, 0.25) is 5.78 Å². The van der Waals surface area contributed by atoms with Gasteiger partial charge >= 0.3 is 5.97 Å². The maximum atomic E-state index is 12.5. The lowest BCUT2D eigenvalue weighted by molar-refractivity contribution is -0.147. The van der Waals surface area contributed by atoms with Gasteiger partial charge in [-0.05, 0) is 31.2 Å². The Balaban J connectivity index is 1.89. The lowest BCUT2D eigenvalue weighted by atomic mass is 10.1. The molecular weight excluding hydrogens is 336 g/mol. The standard InChI is InChI=1S/C20H18O6/c1-12(20(22)24-3)25-16-7-5-4-6-13(16)10-18-19(21)15-9-8-14(23-2)11-17(15)26-18/h4-12H,1-3H3/b18-10-. The number of esters is 1. The van der Waals surface area contributed by atoms with Crippen molar-refractivity contribution in [3.8, 4) is 17.2 Å². The van der Waals surface area contributed by atoms with Crippen molar-refractivity contribution in [1.82, 2.24) is 0 Å². The summed E-state index contributed by atoms with van der Waals surface area (Å²) >= 11 is 0. The van der Waals surface area contributed by atoms with Gasteiger partial charge in [-0.1, -0.05) is 18.2 Å². The number of ether oxygens (including phenoxy) is 4. The summed E-state index contributed by atoms with van der Waals surface area (Å²) < 4.78 is 21.1. The van der Waals surface area contributed by atoms with Gasteiger partial charge in [0, 0.05) is 11.6 Å². The van der Waals surface area contributed by atoms with Gasteiger partial charge in [-0.2, -0.15) is 0 Å². The summed E-state index contributed by atoms with van der Waals surface area (Å²) in [6, 6.07) is 12.1. The van der Waals surface area contributed by atoms with Crippen molar-refractivity contribution in [3.05, 3.63) is 59.4 Å². The molecule has 1 unspecified atom stereocenters. The smallest absolute Gasteiger partial charge is 0.346 e. The lowest BCUT2D eigenvalue weighted by Crippen LogP contribution is -2.25. The van der Waals surface area contributed by atoms with Crippen LogP contribution in [0.1, 0.15) is 22.8 Å². The number of allylic oxidation sites excluding steroid dienone is 1. The third-order valence-corrected chi connectivity index (χ3v) is 3.92. The van der Waals surface area contributed by atoms with Crippen molar-refractivity contribution >= 4 is 17.8 Å². The molecule has 1 heterocycles. The van der Waals surface area contributed by atoms with Crippen LogP contribution in [0.4, 0.5) is 0 Å². The summed E-state index contributed by atoms with van der Waals surface area (Å²) in [6.07, 6.45) is 0.815. The number of Topliss-reactive ketones (excluding diaryl/α,β-unsaturated/α-hetero) is 1. The number of methoxy groups -OCH3 is 2. The number of ketones is 1. The van der Waals surface area contributed by atoms with Crippen LogP contribution in [-0.4, -0.2) is 32.1 Å². The molecule has 0 aromatic heterocycles. The number of fused-ring (bicyclic) bond motifs is 1. The summed E-state index contributed by atoms with van der Waals surface area (Å²) in [7, 11) is 2.85. The molecule has 0 amide bonds. The molecule has 0 bridgehead atoms. The van der Waals surface area contributed by atoms with Crippen LogP contribution in [0.3, 0.4) is 0 Å². The Kier molecular flexibility index (Phi) is 4.93. The van der Waals surface area contributed by atoms with E-state index in [2.05, 4.69) is 4.74 Å². The van der Waals surface area contributed by atoms with E-state index < -0.39 is 12.1 Å². The van der Waals surface area contributed by atoms with E-state index in [-0.39, 0.29) is 11.5 Å². The minimum Gasteiger partial charge on any atom is -0.497 e. The average Bonchev–Trinajstić information content (AvgIpc) is 2.97. The molecule has 6 heteroatoms. The van der Waals surface area contributed by atoms with Crippen molar-refractivity contribution in [3.63, 3.8) is 0 Å². The van der Waals surface area contributed by atoms with Crippen molar-refractivity contribution in [2.45, 2.75) is 13.0 Å². The maximum Gasteiger partial charge on any atom is 0.346 e. The highest BCUT2D eigenvalue weighted by atomic mass is 16.6. The van der Waals surface area contributed by atoms with E-state index in [0.717, 1.165) is 0 Å². The van der Waals surface area contributed by atoms with E-state index in [0.29, 0.717) is 28.4 Å². The van der Waals surface area contributed by atoms with Gasteiger partial charge in [0.1, 0.15) is 17.2 Å². The Morgan fingerprint density at radius 2 is 1.92 bits per heavy atom. The van der Waals surface area contributed by atoms with Crippen LogP contribution in [0.2, 0.25) is 0 Å². The van der Waals surface area contributed by atoms with Crippen LogP contribution in [0.25, 0.3) is 6.08 Å². The van der Waals surface area contributed by atoms with Crippen LogP contribution in [0.5, 0.6) is 17.2 Å². The first kappa shape index (κ1) is 17.5. The SMILES string of the molecule is COC(=O)C(C)Oc1ccccc1/C=C1\Oc2cc(OC)ccc2C1=O. The predicted octanol–water partition coefficient (Wildman–Crippen LogP) is 3.25. The number of carbonyl (C=O) groups excluding carboxylic acids is 2. The minimum absolute atomic E-state index is 0.176. The number of hydrogen-bond donors (Lipinski definition) is 0. The Morgan fingerprint density at radius 1 is 1.15 bits per heavy atom. The van der Waals surface area contributed by atoms with E-state index in [9.17, 15) is 9.59 Å². The van der Waals surface area contributed by atoms with Gasteiger partial charge in [0.05, 0.1) is 19.8 Å². The molecule has 1 aliphatic heterocycles. The molecule has 0 saturated heterocycles. The van der Waals surface area contributed by atoms with Gasteiger partial charge < -0.3 is 18.9 Å². The molecule has 2 aromatic rings. The quantitative estimate of drug-likeness (QED) is 0.606. The van der Waals surface area contributed by atoms with Crippen LogP contribution in [0, 0.1) is 0 Å². The number of hydrogen-bond acceptors (Lipinski definition) is 6. The lowest BCUT2D eigenvalue weighted by Gasteiger charge is -2.14. The second kappa shape index (κ2) is 7.31. The van der Waals surface area contributed by atoms with Gasteiger partial charge in [0.25, 0.3) is 0 Å². The molecule has 26 heavy (non-hydrogen) atoms. The molecular formula is C20H18O6. The highest BCUT2D eigenvalue weighted by Gasteiger charge is 2.28. The molecule has 0 fully saturated rings. The van der Waals surface area contributed by atoms with Crippen molar-refractivity contribution in [2.75, 3.05) is 14.2 Å². The van der Waals surface area contributed by atoms with E-state index in [4.69, 9.17) is 14.2 Å². The number of carbonyl (C=O) groups is 2. The van der Waals surface area contributed by atoms with Gasteiger partial charge in [0.15, 0.2) is 11.9 Å². The molecule has 6 nitrogen and oxygen atoms in total. The molecule has 1 aliphatic rings. The Hall–Kier alpha value is -3.28. The first-order chi connectivity index (χ1) is 12.5. The van der Waals surface area contributed by atoms with E-state index in [1.807, 2.05) is 0 Å². The predicted molar refractivity (Wildman–Crippen MR) is 94.5 cm³/mol. The zero-order chi connectivity index (χ0) is 18.7. The average molecular weight is 354 g/mol. The normalized spacial score (nSPS) is 15.2. The summed E-state index contributed by atoms with van der Waals surface area (Å²) in [6.45, 7) is 1.59. The molecule has 0 saturated carbocycles. The van der Waals surface area contributed by atoms with E-state index in [1.54, 1.807) is 62.6 Å². The molecule has 1 atom stereocenters. The Morgan fingerprint density at radius 3 is 2.65 bits per heavy atom. The fourth-order valence-corrected chi connectivity index (χ4v) is 2.55. The van der Waals surface area contributed by atoms with Crippen molar-refractivity contribution in [2.24, 2.45) is 0 Å². The molecule has 0 N–H and O–H groups in total. The fraction of sp³-hybridized carbons (Fsp3) is 0.200. The van der Waals surface area contributed by atoms with Crippen LogP contribution >= 0.6 is 0 Å². The first-order valence-corrected chi connectivity index (χ1v) is 7.99. The van der Waals surface area contributed by atoms with E-state index in [1.165, 1.54) is 7.11 Å². The third kappa shape index (κ3) is 3.39. The molecule has 0 aliphatic carbocycles. The molecule has 0 spiro atoms. The van der Waals surface area contributed by atoms with E-state index >= 15 is 0 Å². The van der Waals surface area contributed by atoms with Crippen LogP contribution < -0.4 is 14.2 Å². The second-order valence-electron chi connectivity index (χ2n) is 5.62. The maximum absolute atomic E-state index is 12.5. The van der Waals surface area contributed by atoms with Crippen LogP contribution in [0.15, 0.2) is 48.2 Å². The van der Waals surface area contributed by atoms with Crippen LogP contribution in [-0.2, 0) is 9.53 Å². The van der Waals surface area contributed by atoms with Gasteiger partial charge in [-0.3, -0.25) is 4.79 Å². The molecule has 2 aromatic carbocycles. The zero-order valence-electron chi connectivity index (χ0n) is 14.6. The molecule has 134 valence electrons. The van der Waals surface area contributed by atoms with Crippen molar-refractivity contribution < 1.29 is 28.5 Å². The summed E-state index contributed by atoms with van der Waals surface area (Å²) in [4.78, 5) is 24.1. The summed E-state index contributed by atoms with van der Waals surface area (Å²) in [5.74, 6) is 0.965. The number of rotatable bonds is 5. The van der Waals surface area contributed by atoms with Gasteiger partial charge in [-0.25, -0.2) is 4.79 Å². The Labute approximate surface area is 150 Å². The second-order valence-corrected chi connectivity index (χ2v) is 5.62. The zero-order valence-corrected chi connectivity index (χ0v) is 14.6. The fourth-order valence-electron chi connectivity index (χ4n) is 2.55. The largest absolute Gasteiger partial charge is 0.497 e. The molecule has 0 radical (unpaired) electrons. The third-order valence-electron chi connectivity index (χ3n) is 3.92. The highest BCUT2D eigenvalue weighted by molar-refractivity contribution is 6.14. The van der Waals surface area contributed by atoms with Crippen molar-refractivity contribution in [1.29, 1.82) is 0 Å². The van der Waals surface area contributed by atoms with Gasteiger partial charge in [-0.15, -0.1) is 0 Å². The summed E-state index contributed by atoms with van der Waals surface area (Å²) in [5, 5.41) is 0.